The van der Waals surface area contributed by atoms with Gasteiger partial charge in [-0.15, -0.1) is 0 Å². The summed E-state index contributed by atoms with van der Waals surface area (Å²) in [7, 11) is 0. The molecule has 8 heteroatoms. The minimum Gasteiger partial charge on any atom is -0.372 e. The third-order valence-electron chi connectivity index (χ3n) is 3.07. The molecule has 2 rings (SSSR count). The molecule has 0 saturated carbocycles. The van der Waals surface area contributed by atoms with Crippen molar-refractivity contribution in [3.63, 3.8) is 0 Å². The van der Waals surface area contributed by atoms with Crippen molar-refractivity contribution < 1.29 is 14.3 Å². The highest BCUT2D eigenvalue weighted by molar-refractivity contribution is 5.95. The number of aryl methyl sites for hydroxylation is 1. The fourth-order valence-electron chi connectivity index (χ4n) is 1.93. The van der Waals surface area contributed by atoms with Crippen LogP contribution in [0.15, 0.2) is 18.5 Å². The van der Waals surface area contributed by atoms with Gasteiger partial charge in [-0.1, -0.05) is 0 Å². The molecule has 0 atom stereocenters. The number of rotatable bonds is 7. The van der Waals surface area contributed by atoms with Gasteiger partial charge in [-0.3, -0.25) is 9.59 Å². The van der Waals surface area contributed by atoms with E-state index in [2.05, 4.69) is 20.7 Å². The minimum atomic E-state index is -0.249. The fraction of sp³-hybridized carbons (Fsp3) is 0.429. The molecule has 2 N–H and O–H groups in total. The van der Waals surface area contributed by atoms with Crippen molar-refractivity contribution >= 4 is 17.5 Å². The van der Waals surface area contributed by atoms with E-state index in [0.717, 1.165) is 0 Å². The standard InChI is InChI=1S/C14H19N5O3/c1-3-22-9-13(20)15-6-7-16-14(21)11-8-17-12-4-5-18-19(12)10(11)2/h4-5,8H,3,6-7,9H2,1-2H3,(H,15,20)(H,16,21). The Morgan fingerprint density at radius 3 is 2.86 bits per heavy atom. The number of aromatic nitrogens is 3. The molecule has 118 valence electrons. The SMILES string of the molecule is CCOCC(=O)NCCNC(=O)c1cnc2ccnn2c1C. The summed E-state index contributed by atoms with van der Waals surface area (Å²) in [6, 6.07) is 1.77. The Hall–Kier alpha value is -2.48. The molecule has 0 bridgehead atoms. The maximum atomic E-state index is 12.1. The van der Waals surface area contributed by atoms with Crippen LogP contribution in [0.4, 0.5) is 0 Å². The number of carbonyl (C=O) groups is 2. The molecular formula is C14H19N5O3. The Kier molecular flexibility index (Phi) is 5.42. The van der Waals surface area contributed by atoms with E-state index >= 15 is 0 Å². The zero-order valence-electron chi connectivity index (χ0n) is 12.6. The first kappa shape index (κ1) is 15.9. The smallest absolute Gasteiger partial charge is 0.254 e. The second-order valence-electron chi connectivity index (χ2n) is 4.60. The van der Waals surface area contributed by atoms with Crippen LogP contribution in [0, 0.1) is 6.92 Å². The Morgan fingerprint density at radius 1 is 1.32 bits per heavy atom. The first-order valence-corrected chi connectivity index (χ1v) is 7.05. The van der Waals surface area contributed by atoms with Gasteiger partial charge < -0.3 is 15.4 Å². The summed E-state index contributed by atoms with van der Waals surface area (Å²) in [4.78, 5) is 27.6. The molecule has 0 unspecified atom stereocenters. The average Bonchev–Trinajstić information content (AvgIpc) is 2.99. The predicted octanol–water partition coefficient (Wildman–Crippen LogP) is -0.0798. The zero-order chi connectivity index (χ0) is 15.9. The summed E-state index contributed by atoms with van der Waals surface area (Å²) in [5.41, 5.74) is 1.86. The van der Waals surface area contributed by atoms with Crippen LogP contribution >= 0.6 is 0 Å². The zero-order valence-corrected chi connectivity index (χ0v) is 12.6. The number of amides is 2. The molecule has 22 heavy (non-hydrogen) atoms. The lowest BCUT2D eigenvalue weighted by Crippen LogP contribution is -2.36. The van der Waals surface area contributed by atoms with Crippen LogP contribution in [0.25, 0.3) is 5.65 Å². The van der Waals surface area contributed by atoms with Gasteiger partial charge in [-0.2, -0.15) is 5.10 Å². The maximum absolute atomic E-state index is 12.1. The normalized spacial score (nSPS) is 10.6. The molecule has 0 aliphatic heterocycles. The molecule has 2 amide bonds. The second-order valence-corrected chi connectivity index (χ2v) is 4.60. The van der Waals surface area contributed by atoms with Crippen molar-refractivity contribution in [2.75, 3.05) is 26.3 Å². The van der Waals surface area contributed by atoms with Gasteiger partial charge in [-0.25, -0.2) is 9.50 Å². The Morgan fingerprint density at radius 2 is 2.09 bits per heavy atom. The van der Waals surface area contributed by atoms with Crippen LogP contribution < -0.4 is 10.6 Å². The van der Waals surface area contributed by atoms with Gasteiger partial charge >= 0.3 is 0 Å². The lowest BCUT2D eigenvalue weighted by Gasteiger charge is -2.09. The number of hydrogen-bond acceptors (Lipinski definition) is 5. The van der Waals surface area contributed by atoms with Gasteiger partial charge in [0.25, 0.3) is 5.91 Å². The highest BCUT2D eigenvalue weighted by Crippen LogP contribution is 2.08. The van der Waals surface area contributed by atoms with Crippen molar-refractivity contribution in [1.82, 2.24) is 25.2 Å². The van der Waals surface area contributed by atoms with Crippen LogP contribution in [0.5, 0.6) is 0 Å². The molecule has 0 spiro atoms. The first-order valence-electron chi connectivity index (χ1n) is 7.05. The second kappa shape index (κ2) is 7.51. The number of fused-ring (bicyclic) bond motifs is 1. The number of ether oxygens (including phenoxy) is 1. The number of nitrogens with one attached hydrogen (secondary N) is 2. The molecule has 0 fully saturated rings. The van der Waals surface area contributed by atoms with E-state index in [0.29, 0.717) is 36.6 Å². The lowest BCUT2D eigenvalue weighted by molar-refractivity contribution is -0.125. The summed E-state index contributed by atoms with van der Waals surface area (Å²) >= 11 is 0. The van der Waals surface area contributed by atoms with E-state index in [-0.39, 0.29) is 18.4 Å². The van der Waals surface area contributed by atoms with Gasteiger partial charge in [0.15, 0.2) is 5.65 Å². The van der Waals surface area contributed by atoms with Gasteiger partial charge in [0.1, 0.15) is 6.61 Å². The molecule has 8 nitrogen and oxygen atoms in total. The number of hydrogen-bond donors (Lipinski definition) is 2. The highest BCUT2D eigenvalue weighted by Gasteiger charge is 2.12. The molecular weight excluding hydrogens is 286 g/mol. The third kappa shape index (κ3) is 3.79. The van der Waals surface area contributed by atoms with Crippen LogP contribution in [-0.4, -0.2) is 52.7 Å². The van der Waals surface area contributed by atoms with Crippen LogP contribution in [0.1, 0.15) is 23.0 Å². The van der Waals surface area contributed by atoms with Crippen molar-refractivity contribution in [3.05, 3.63) is 29.7 Å². The molecule has 2 heterocycles. The summed E-state index contributed by atoms with van der Waals surface area (Å²) in [5, 5.41) is 9.50. The van der Waals surface area contributed by atoms with E-state index in [1.54, 1.807) is 23.7 Å². The van der Waals surface area contributed by atoms with Gasteiger partial charge in [0.05, 0.1) is 17.5 Å². The first-order chi connectivity index (χ1) is 10.6. The van der Waals surface area contributed by atoms with Crippen LogP contribution in [0.3, 0.4) is 0 Å². The number of carbonyl (C=O) groups excluding carboxylic acids is 2. The van der Waals surface area contributed by atoms with Gasteiger partial charge in [-0.05, 0) is 13.8 Å². The lowest BCUT2D eigenvalue weighted by atomic mass is 10.2. The van der Waals surface area contributed by atoms with E-state index in [9.17, 15) is 9.59 Å². The van der Waals surface area contributed by atoms with Crippen LogP contribution in [0.2, 0.25) is 0 Å². The van der Waals surface area contributed by atoms with E-state index in [1.807, 2.05) is 6.92 Å². The summed E-state index contributed by atoms with van der Waals surface area (Å²) < 4.78 is 6.58. The van der Waals surface area contributed by atoms with Gasteiger partial charge in [0.2, 0.25) is 5.91 Å². The van der Waals surface area contributed by atoms with E-state index in [4.69, 9.17) is 4.74 Å². The predicted molar refractivity (Wildman–Crippen MR) is 79.6 cm³/mol. The van der Waals surface area contributed by atoms with Crippen molar-refractivity contribution in [1.29, 1.82) is 0 Å². The molecule has 2 aromatic rings. The summed E-state index contributed by atoms with van der Waals surface area (Å²) in [6.07, 6.45) is 3.15. The van der Waals surface area contributed by atoms with Crippen LogP contribution in [-0.2, 0) is 9.53 Å². The molecule has 2 aromatic heterocycles. The average molecular weight is 305 g/mol. The summed E-state index contributed by atoms with van der Waals surface area (Å²) in [5.74, 6) is -0.451. The Bertz CT molecular complexity index is 668. The Labute approximate surface area is 127 Å². The monoisotopic (exact) mass is 305 g/mol. The molecule has 0 aliphatic carbocycles. The van der Waals surface area contributed by atoms with E-state index < -0.39 is 0 Å². The molecule has 0 aliphatic rings. The van der Waals surface area contributed by atoms with E-state index in [1.165, 1.54) is 6.20 Å². The van der Waals surface area contributed by atoms with Crippen molar-refractivity contribution in [2.45, 2.75) is 13.8 Å². The maximum Gasteiger partial charge on any atom is 0.254 e. The van der Waals surface area contributed by atoms with Crippen molar-refractivity contribution in [2.24, 2.45) is 0 Å². The quantitative estimate of drug-likeness (QED) is 0.697. The van der Waals surface area contributed by atoms with Crippen molar-refractivity contribution in [3.8, 4) is 0 Å². The highest BCUT2D eigenvalue weighted by atomic mass is 16.5. The molecule has 0 radical (unpaired) electrons. The minimum absolute atomic E-state index is 0.0312. The largest absolute Gasteiger partial charge is 0.372 e. The number of nitrogens with zero attached hydrogens (tertiary/aromatic N) is 3. The molecule has 0 saturated heterocycles. The Balaban J connectivity index is 1.84. The topological polar surface area (TPSA) is 97.6 Å². The molecule has 0 aromatic carbocycles. The summed E-state index contributed by atoms with van der Waals surface area (Å²) in [6.45, 7) is 4.82. The third-order valence-corrected chi connectivity index (χ3v) is 3.07. The van der Waals surface area contributed by atoms with Gasteiger partial charge in [0, 0.05) is 32.0 Å². The fourth-order valence-corrected chi connectivity index (χ4v) is 1.93.